The fourth-order valence-corrected chi connectivity index (χ4v) is 3.07. The quantitative estimate of drug-likeness (QED) is 0.685. The average molecular weight is 306 g/mol. The van der Waals surface area contributed by atoms with Crippen LogP contribution in [0.3, 0.4) is 0 Å². The van der Waals surface area contributed by atoms with E-state index in [1.165, 1.54) is 5.56 Å². The van der Waals surface area contributed by atoms with Crippen LogP contribution in [0, 0.1) is 6.92 Å². The summed E-state index contributed by atoms with van der Waals surface area (Å²) in [5.74, 6) is 0.504. The number of aliphatic hydroxyl groups is 1. The van der Waals surface area contributed by atoms with E-state index in [1.54, 1.807) is 0 Å². The summed E-state index contributed by atoms with van der Waals surface area (Å²) in [6, 6.07) is 12.3. The monoisotopic (exact) mass is 306 g/mol. The molecule has 2 heterocycles. The van der Waals surface area contributed by atoms with E-state index >= 15 is 0 Å². The lowest BCUT2D eigenvalue weighted by molar-refractivity contribution is 0.514. The Balaban J connectivity index is 2.21. The van der Waals surface area contributed by atoms with Gasteiger partial charge in [0.25, 0.3) is 0 Å². The molecule has 1 N–H and O–H groups in total. The maximum Gasteiger partial charge on any atom is 0.117 e. The molecule has 23 heavy (non-hydrogen) atoms. The predicted molar refractivity (Wildman–Crippen MR) is 95.8 cm³/mol. The first-order chi connectivity index (χ1) is 11.0. The average Bonchev–Trinajstić information content (AvgIpc) is 2.86. The van der Waals surface area contributed by atoms with Gasteiger partial charge in [-0.2, -0.15) is 0 Å². The highest BCUT2D eigenvalue weighted by atomic mass is 16.3. The Bertz CT molecular complexity index is 874. The van der Waals surface area contributed by atoms with Gasteiger partial charge in [-0.25, -0.2) is 0 Å². The van der Waals surface area contributed by atoms with E-state index in [4.69, 9.17) is 0 Å². The fourth-order valence-electron chi connectivity index (χ4n) is 3.07. The van der Waals surface area contributed by atoms with Gasteiger partial charge in [-0.3, -0.25) is 4.98 Å². The minimum absolute atomic E-state index is 0.104. The number of aromatic nitrogens is 2. The van der Waals surface area contributed by atoms with Crippen molar-refractivity contribution in [2.75, 3.05) is 0 Å². The molecule has 3 heteroatoms. The molecule has 0 saturated carbocycles. The maximum absolute atomic E-state index is 9.95. The Kier molecular flexibility index (Phi) is 3.95. The van der Waals surface area contributed by atoms with E-state index in [2.05, 4.69) is 36.0 Å². The number of fused-ring (bicyclic) bond motifs is 1. The molecule has 0 atom stereocenters. The number of aryl methyl sites for hydroxylation is 1. The van der Waals surface area contributed by atoms with Gasteiger partial charge in [0.05, 0.1) is 17.8 Å². The number of aliphatic hydroxyl groups excluding tert-OH is 1. The van der Waals surface area contributed by atoms with Crippen LogP contribution >= 0.6 is 0 Å². The van der Waals surface area contributed by atoms with Crippen molar-refractivity contribution < 1.29 is 5.11 Å². The minimum atomic E-state index is 0.104. The largest absolute Gasteiger partial charge is 0.508 e. The van der Waals surface area contributed by atoms with Gasteiger partial charge in [-0.15, -0.1) is 0 Å². The molecule has 0 amide bonds. The van der Waals surface area contributed by atoms with Gasteiger partial charge in [0.15, 0.2) is 0 Å². The zero-order valence-corrected chi connectivity index (χ0v) is 13.9. The highest BCUT2D eigenvalue weighted by molar-refractivity contribution is 5.93. The molecule has 0 radical (unpaired) electrons. The number of benzene rings is 1. The summed E-state index contributed by atoms with van der Waals surface area (Å²) in [6.45, 7) is 10.8. The summed E-state index contributed by atoms with van der Waals surface area (Å²) < 4.78 is 2.17. The Labute approximate surface area is 136 Å². The summed E-state index contributed by atoms with van der Waals surface area (Å²) in [7, 11) is 0. The first kappa shape index (κ1) is 15.3. The van der Waals surface area contributed by atoms with Crippen molar-refractivity contribution in [1.82, 2.24) is 9.55 Å². The van der Waals surface area contributed by atoms with Crippen LogP contribution in [-0.4, -0.2) is 14.7 Å². The van der Waals surface area contributed by atoms with Crippen molar-refractivity contribution in [2.24, 2.45) is 0 Å². The molecule has 0 bridgehead atoms. The number of nitrogens with zero attached hydrogens (tertiary/aromatic N) is 2. The van der Waals surface area contributed by atoms with Gasteiger partial charge >= 0.3 is 0 Å². The molecule has 3 nitrogen and oxygen atoms in total. The Morgan fingerprint density at radius 3 is 2.61 bits per heavy atom. The number of rotatable bonds is 4. The van der Waals surface area contributed by atoms with Gasteiger partial charge in [0, 0.05) is 22.8 Å². The van der Waals surface area contributed by atoms with E-state index in [9.17, 15) is 5.11 Å². The standard InChI is InChI=1S/C20H22N2O/c1-13(2)17-9-6-10-18-19(15(4)23)12-22(20(17)18)11-16-8-5-7-14(3)21-16/h5-10,12-13,23H,4,11H2,1-3H3. The Hall–Kier alpha value is -2.55. The maximum atomic E-state index is 9.95. The third-order valence-electron chi connectivity index (χ3n) is 4.14. The molecule has 0 aliphatic rings. The van der Waals surface area contributed by atoms with Gasteiger partial charge in [0.1, 0.15) is 5.76 Å². The molecular weight excluding hydrogens is 284 g/mol. The van der Waals surface area contributed by atoms with E-state index in [0.29, 0.717) is 12.5 Å². The lowest BCUT2D eigenvalue weighted by Gasteiger charge is -2.12. The molecule has 3 aromatic rings. The van der Waals surface area contributed by atoms with Crippen LogP contribution < -0.4 is 0 Å². The molecule has 118 valence electrons. The number of para-hydroxylation sites is 1. The van der Waals surface area contributed by atoms with E-state index < -0.39 is 0 Å². The highest BCUT2D eigenvalue weighted by Gasteiger charge is 2.16. The summed E-state index contributed by atoms with van der Waals surface area (Å²) in [4.78, 5) is 4.60. The smallest absolute Gasteiger partial charge is 0.117 e. The SMILES string of the molecule is C=C(O)c1cn(Cc2cccc(C)n2)c2c(C(C)C)cccc12. The minimum Gasteiger partial charge on any atom is -0.508 e. The van der Waals surface area contributed by atoms with Gasteiger partial charge < -0.3 is 9.67 Å². The van der Waals surface area contributed by atoms with Gasteiger partial charge in [-0.1, -0.05) is 44.7 Å². The molecule has 0 unspecified atom stereocenters. The van der Waals surface area contributed by atoms with Crippen molar-refractivity contribution in [3.63, 3.8) is 0 Å². The van der Waals surface area contributed by atoms with Crippen LogP contribution in [0.25, 0.3) is 16.7 Å². The van der Waals surface area contributed by atoms with Crippen molar-refractivity contribution >= 4 is 16.7 Å². The van der Waals surface area contributed by atoms with Gasteiger partial charge in [0.2, 0.25) is 0 Å². The van der Waals surface area contributed by atoms with Crippen molar-refractivity contribution in [2.45, 2.75) is 33.2 Å². The first-order valence-corrected chi connectivity index (χ1v) is 7.90. The summed E-state index contributed by atoms with van der Waals surface area (Å²) >= 11 is 0. The number of hydrogen-bond donors (Lipinski definition) is 1. The third-order valence-corrected chi connectivity index (χ3v) is 4.14. The Morgan fingerprint density at radius 1 is 1.22 bits per heavy atom. The Morgan fingerprint density at radius 2 is 1.96 bits per heavy atom. The molecular formula is C20H22N2O. The second-order valence-electron chi connectivity index (χ2n) is 6.29. The van der Waals surface area contributed by atoms with Crippen LogP contribution in [0.15, 0.2) is 49.2 Å². The predicted octanol–water partition coefficient (Wildman–Crippen LogP) is 5.05. The summed E-state index contributed by atoms with van der Waals surface area (Å²) in [5.41, 5.74) is 5.22. The van der Waals surface area contributed by atoms with E-state index in [-0.39, 0.29) is 5.76 Å². The lowest BCUT2D eigenvalue weighted by atomic mass is 9.99. The van der Waals surface area contributed by atoms with Gasteiger partial charge in [-0.05, 0) is 30.5 Å². The van der Waals surface area contributed by atoms with Crippen LogP contribution in [0.5, 0.6) is 0 Å². The topological polar surface area (TPSA) is 38.0 Å². The second-order valence-corrected chi connectivity index (χ2v) is 6.29. The summed E-state index contributed by atoms with van der Waals surface area (Å²) in [5, 5.41) is 11.0. The van der Waals surface area contributed by atoms with Crippen LogP contribution in [0.1, 0.15) is 42.3 Å². The van der Waals surface area contributed by atoms with E-state index in [1.807, 2.05) is 43.5 Å². The zero-order valence-electron chi connectivity index (χ0n) is 13.9. The van der Waals surface area contributed by atoms with Crippen molar-refractivity contribution in [3.05, 3.63) is 71.7 Å². The fraction of sp³-hybridized carbons (Fsp3) is 0.250. The number of pyridine rings is 1. The molecule has 1 aromatic carbocycles. The van der Waals surface area contributed by atoms with Crippen LogP contribution in [-0.2, 0) is 6.54 Å². The van der Waals surface area contributed by atoms with Crippen molar-refractivity contribution in [1.29, 1.82) is 0 Å². The molecule has 0 fully saturated rings. The van der Waals surface area contributed by atoms with Crippen molar-refractivity contribution in [3.8, 4) is 0 Å². The highest BCUT2D eigenvalue weighted by Crippen LogP contribution is 2.32. The molecule has 0 aliphatic heterocycles. The summed E-state index contributed by atoms with van der Waals surface area (Å²) in [6.07, 6.45) is 1.98. The second kappa shape index (κ2) is 5.92. The third kappa shape index (κ3) is 2.87. The molecule has 0 spiro atoms. The molecule has 2 aromatic heterocycles. The molecule has 3 rings (SSSR count). The lowest BCUT2D eigenvalue weighted by Crippen LogP contribution is -2.03. The van der Waals surface area contributed by atoms with E-state index in [0.717, 1.165) is 27.9 Å². The van der Waals surface area contributed by atoms with Crippen LogP contribution in [0.4, 0.5) is 0 Å². The molecule has 0 aliphatic carbocycles. The zero-order chi connectivity index (χ0) is 16.6. The first-order valence-electron chi connectivity index (χ1n) is 7.90. The van der Waals surface area contributed by atoms with Crippen LogP contribution in [0.2, 0.25) is 0 Å². The normalized spacial score (nSPS) is 11.3. The number of hydrogen-bond acceptors (Lipinski definition) is 2. The molecule has 0 saturated heterocycles.